The molecule has 0 aliphatic heterocycles. The maximum absolute atomic E-state index is 2.27. The predicted octanol–water partition coefficient (Wildman–Crippen LogP) is -7.11. The summed E-state index contributed by atoms with van der Waals surface area (Å²) in [4.78, 5) is 0. The van der Waals surface area contributed by atoms with Gasteiger partial charge in [0.2, 0.25) is 0 Å². The fourth-order valence-electron chi connectivity index (χ4n) is 1.34. The van der Waals surface area contributed by atoms with E-state index in [0.717, 1.165) is 0 Å². The smallest absolute Gasteiger partial charge is 1.00 e. The first-order valence-corrected chi connectivity index (χ1v) is 4.09. The van der Waals surface area contributed by atoms with E-state index in [2.05, 4.69) is 27.7 Å². The Kier molecular flexibility index (Phi) is 37.2. The zero-order valence-electron chi connectivity index (χ0n) is 9.12. The average molecular weight is 435 g/mol. The molecule has 0 saturated heterocycles. The maximum atomic E-state index is 2.27. The minimum Gasteiger partial charge on any atom is -1.00 e. The second kappa shape index (κ2) is 16.5. The summed E-state index contributed by atoms with van der Waals surface area (Å²) in [5, 5.41) is 0. The SMILES string of the molecule is CC[N+](CC)(CC)CC.[Br-].[Br-].[Br-].[Zn+2]. The van der Waals surface area contributed by atoms with Crippen LogP contribution in [0.25, 0.3) is 0 Å². The van der Waals surface area contributed by atoms with Gasteiger partial charge in [0.25, 0.3) is 0 Å². The van der Waals surface area contributed by atoms with E-state index in [-0.39, 0.29) is 70.4 Å². The van der Waals surface area contributed by atoms with Gasteiger partial charge in [-0.2, -0.15) is 0 Å². The molecule has 0 aromatic carbocycles. The number of hydrogen-bond acceptors (Lipinski definition) is 0. The number of hydrogen-bond donors (Lipinski definition) is 0. The molecule has 0 saturated carbocycles. The van der Waals surface area contributed by atoms with Gasteiger partial charge in [0.05, 0.1) is 26.2 Å². The first-order valence-electron chi connectivity index (χ1n) is 4.09. The molecule has 13 heavy (non-hydrogen) atoms. The van der Waals surface area contributed by atoms with Crippen LogP contribution < -0.4 is 50.9 Å². The maximum Gasteiger partial charge on any atom is 2.00 e. The van der Waals surface area contributed by atoms with Gasteiger partial charge in [-0.3, -0.25) is 0 Å². The molecule has 0 heterocycles. The van der Waals surface area contributed by atoms with Gasteiger partial charge in [0.1, 0.15) is 0 Å². The molecule has 0 aromatic heterocycles. The molecular weight excluding hydrogens is 415 g/mol. The fourth-order valence-corrected chi connectivity index (χ4v) is 1.34. The Balaban J connectivity index is -0.0000000533. The van der Waals surface area contributed by atoms with Crippen molar-refractivity contribution in [1.82, 2.24) is 0 Å². The normalized spacial score (nSPS) is 8.31. The average Bonchev–Trinajstić information content (AvgIpc) is 1.95. The van der Waals surface area contributed by atoms with Crippen molar-refractivity contribution in [3.05, 3.63) is 0 Å². The molecule has 0 spiro atoms. The number of nitrogens with zero attached hydrogens (tertiary/aromatic N) is 1. The van der Waals surface area contributed by atoms with Gasteiger partial charge in [-0.15, -0.1) is 0 Å². The molecule has 0 bridgehead atoms. The van der Waals surface area contributed by atoms with Crippen LogP contribution in [0.4, 0.5) is 0 Å². The van der Waals surface area contributed by atoms with E-state index in [1.165, 1.54) is 30.7 Å². The monoisotopic (exact) mass is 431 g/mol. The number of quaternary nitrogens is 1. The van der Waals surface area contributed by atoms with Crippen molar-refractivity contribution < 1.29 is 74.9 Å². The summed E-state index contributed by atoms with van der Waals surface area (Å²) < 4.78 is 1.28. The summed E-state index contributed by atoms with van der Waals surface area (Å²) in [6.07, 6.45) is 0. The molecule has 0 unspecified atom stereocenters. The Hall–Kier alpha value is 2.02. The number of rotatable bonds is 4. The predicted molar refractivity (Wildman–Crippen MR) is 42.4 cm³/mol. The molecule has 5 heteroatoms. The van der Waals surface area contributed by atoms with E-state index in [9.17, 15) is 0 Å². The van der Waals surface area contributed by atoms with Crippen LogP contribution in [0.15, 0.2) is 0 Å². The van der Waals surface area contributed by atoms with Crippen molar-refractivity contribution in [3.8, 4) is 0 Å². The Morgan fingerprint density at radius 2 is 0.769 bits per heavy atom. The first-order chi connectivity index (χ1) is 4.24. The summed E-state index contributed by atoms with van der Waals surface area (Å²) in [5.41, 5.74) is 0. The van der Waals surface area contributed by atoms with Gasteiger partial charge >= 0.3 is 19.5 Å². The minimum absolute atomic E-state index is 0. The fraction of sp³-hybridized carbons (Fsp3) is 1.00. The van der Waals surface area contributed by atoms with Crippen molar-refractivity contribution in [2.24, 2.45) is 0 Å². The molecule has 0 aromatic rings. The third-order valence-electron chi connectivity index (χ3n) is 2.68. The van der Waals surface area contributed by atoms with Crippen LogP contribution >= 0.6 is 0 Å². The van der Waals surface area contributed by atoms with Crippen LogP contribution in [0.2, 0.25) is 0 Å². The van der Waals surface area contributed by atoms with Crippen LogP contribution in [-0.4, -0.2) is 30.7 Å². The third-order valence-corrected chi connectivity index (χ3v) is 2.68. The van der Waals surface area contributed by atoms with Crippen molar-refractivity contribution in [1.29, 1.82) is 0 Å². The molecule has 80 valence electrons. The molecule has 0 atom stereocenters. The summed E-state index contributed by atoms with van der Waals surface area (Å²) in [5.74, 6) is 0. The van der Waals surface area contributed by atoms with Gasteiger partial charge in [0, 0.05) is 0 Å². The van der Waals surface area contributed by atoms with E-state index in [4.69, 9.17) is 0 Å². The molecule has 1 nitrogen and oxygen atoms in total. The molecule has 0 aliphatic carbocycles. The van der Waals surface area contributed by atoms with Crippen LogP contribution in [0.3, 0.4) is 0 Å². The molecule has 0 rings (SSSR count). The number of halogens is 3. The van der Waals surface area contributed by atoms with Gasteiger partial charge in [0.15, 0.2) is 0 Å². The van der Waals surface area contributed by atoms with Crippen LogP contribution in [0.1, 0.15) is 27.7 Å². The van der Waals surface area contributed by atoms with Gasteiger partial charge in [-0.1, -0.05) is 0 Å². The minimum atomic E-state index is 0. The summed E-state index contributed by atoms with van der Waals surface area (Å²) in [6, 6.07) is 0. The summed E-state index contributed by atoms with van der Waals surface area (Å²) in [7, 11) is 0. The third kappa shape index (κ3) is 10.3. The van der Waals surface area contributed by atoms with Gasteiger partial charge in [-0.25, -0.2) is 0 Å². The van der Waals surface area contributed by atoms with E-state index in [1.807, 2.05) is 0 Å². The second-order valence-electron chi connectivity index (χ2n) is 2.61. The van der Waals surface area contributed by atoms with Crippen LogP contribution in [0.5, 0.6) is 0 Å². The largest absolute Gasteiger partial charge is 2.00 e. The van der Waals surface area contributed by atoms with Crippen molar-refractivity contribution >= 4 is 0 Å². The summed E-state index contributed by atoms with van der Waals surface area (Å²) in [6.45, 7) is 14.2. The zero-order valence-corrected chi connectivity index (χ0v) is 16.8. The Morgan fingerprint density at radius 3 is 0.769 bits per heavy atom. The van der Waals surface area contributed by atoms with Gasteiger partial charge < -0.3 is 55.4 Å². The van der Waals surface area contributed by atoms with Crippen molar-refractivity contribution in [2.75, 3.05) is 26.2 Å². The second-order valence-corrected chi connectivity index (χ2v) is 2.61. The van der Waals surface area contributed by atoms with E-state index in [1.54, 1.807) is 0 Å². The molecule has 0 aliphatic rings. The van der Waals surface area contributed by atoms with Crippen molar-refractivity contribution in [2.45, 2.75) is 27.7 Å². The Morgan fingerprint density at radius 1 is 0.615 bits per heavy atom. The van der Waals surface area contributed by atoms with Crippen molar-refractivity contribution in [3.63, 3.8) is 0 Å². The Labute approximate surface area is 128 Å². The molecule has 0 amide bonds. The standard InChI is InChI=1S/C8H20N.3BrH.Zn/c1-5-9(6-2,7-3)8-4;;;;/h5-8H2,1-4H3;3*1H;/q+1;;;;+2/p-3. The quantitative estimate of drug-likeness (QED) is 0.304. The van der Waals surface area contributed by atoms with Crippen LogP contribution in [-0.2, 0) is 19.5 Å². The summed E-state index contributed by atoms with van der Waals surface area (Å²) >= 11 is 0. The molecule has 0 radical (unpaired) electrons. The van der Waals surface area contributed by atoms with E-state index < -0.39 is 0 Å². The molecule has 0 N–H and O–H groups in total. The Bertz CT molecular complexity index is 62.3. The van der Waals surface area contributed by atoms with E-state index >= 15 is 0 Å². The topological polar surface area (TPSA) is 0 Å². The van der Waals surface area contributed by atoms with E-state index in [0.29, 0.717) is 0 Å². The zero-order chi connectivity index (χ0) is 7.33. The molecular formula is C8H20Br3NZn. The van der Waals surface area contributed by atoms with Gasteiger partial charge in [-0.05, 0) is 27.7 Å². The molecule has 0 fully saturated rings. The van der Waals surface area contributed by atoms with Crippen LogP contribution in [0, 0.1) is 0 Å². The first kappa shape index (κ1) is 29.4.